The second kappa shape index (κ2) is 7.29. The van der Waals surface area contributed by atoms with Gasteiger partial charge in [0.2, 0.25) is 12.7 Å². The quantitative estimate of drug-likeness (QED) is 0.879. The normalized spacial score (nSPS) is 13.8. The number of likely N-dealkylation sites (N-methyl/N-ethyl adjacent to an activating group) is 1. The molecule has 0 radical (unpaired) electrons. The van der Waals surface area contributed by atoms with E-state index in [9.17, 15) is 9.18 Å². The van der Waals surface area contributed by atoms with Crippen LogP contribution in [0.2, 0.25) is 5.02 Å². The van der Waals surface area contributed by atoms with Crippen molar-refractivity contribution in [3.63, 3.8) is 0 Å². The second-order valence-electron chi connectivity index (χ2n) is 5.89. The van der Waals surface area contributed by atoms with Crippen molar-refractivity contribution in [1.82, 2.24) is 4.90 Å². The Bertz CT molecular complexity index is 800. The molecular weight excluding hydrogens is 347 g/mol. The zero-order chi connectivity index (χ0) is 18.0. The van der Waals surface area contributed by atoms with Gasteiger partial charge in [0.15, 0.2) is 11.5 Å². The monoisotopic (exact) mass is 364 g/mol. The van der Waals surface area contributed by atoms with Gasteiger partial charge < -0.3 is 14.8 Å². The van der Waals surface area contributed by atoms with E-state index in [1.165, 1.54) is 12.1 Å². The van der Waals surface area contributed by atoms with Gasteiger partial charge in [0.1, 0.15) is 5.82 Å². The molecule has 0 spiro atoms. The van der Waals surface area contributed by atoms with Crippen LogP contribution in [0.4, 0.5) is 10.1 Å². The maximum atomic E-state index is 13.1. The lowest BCUT2D eigenvalue weighted by Crippen LogP contribution is -2.39. The van der Waals surface area contributed by atoms with Gasteiger partial charge in [-0.15, -0.1) is 0 Å². The highest BCUT2D eigenvalue weighted by Crippen LogP contribution is 2.32. The zero-order valence-corrected chi connectivity index (χ0v) is 14.6. The summed E-state index contributed by atoms with van der Waals surface area (Å²) in [6, 6.07) is 9.15. The number of carbonyl (C=O) groups excluding carboxylic acids is 1. The van der Waals surface area contributed by atoms with Crippen molar-refractivity contribution >= 4 is 23.2 Å². The Kier molecular flexibility index (Phi) is 5.11. The largest absolute Gasteiger partial charge is 0.454 e. The average molecular weight is 365 g/mol. The molecule has 0 aromatic heterocycles. The summed E-state index contributed by atoms with van der Waals surface area (Å²) in [5, 5.41) is 2.89. The molecule has 3 rings (SSSR count). The Balaban J connectivity index is 1.63. The van der Waals surface area contributed by atoms with E-state index in [2.05, 4.69) is 5.32 Å². The van der Waals surface area contributed by atoms with Crippen LogP contribution in [0.5, 0.6) is 11.5 Å². The SMILES string of the molecule is C[C@H](C(=O)Nc1ccc(F)cc1Cl)N(C)Cc1ccc2c(c1)OCO2. The van der Waals surface area contributed by atoms with Gasteiger partial charge in [-0.1, -0.05) is 17.7 Å². The molecule has 5 nitrogen and oxygen atoms in total. The van der Waals surface area contributed by atoms with Crippen molar-refractivity contribution < 1.29 is 18.7 Å². The smallest absolute Gasteiger partial charge is 0.241 e. The molecule has 0 unspecified atom stereocenters. The number of benzene rings is 2. The van der Waals surface area contributed by atoms with Gasteiger partial charge in [0.05, 0.1) is 16.8 Å². The number of halogens is 2. The molecule has 1 atom stereocenters. The van der Waals surface area contributed by atoms with Crippen molar-refractivity contribution in [2.45, 2.75) is 19.5 Å². The van der Waals surface area contributed by atoms with E-state index >= 15 is 0 Å². The molecule has 0 saturated carbocycles. The highest BCUT2D eigenvalue weighted by molar-refractivity contribution is 6.33. The van der Waals surface area contributed by atoms with Gasteiger partial charge in [0, 0.05) is 6.54 Å². The average Bonchev–Trinajstić information content (AvgIpc) is 3.04. The lowest BCUT2D eigenvalue weighted by atomic mass is 10.1. The number of nitrogens with one attached hydrogen (secondary N) is 1. The first-order valence-electron chi connectivity index (χ1n) is 7.78. The number of anilines is 1. The number of ether oxygens (including phenoxy) is 2. The fraction of sp³-hybridized carbons (Fsp3) is 0.278. The Morgan fingerprint density at radius 3 is 2.80 bits per heavy atom. The standard InChI is InChI=1S/C18H18ClFN2O3/c1-11(18(23)21-15-5-4-13(20)8-14(15)19)22(2)9-12-3-6-16-17(7-12)25-10-24-16/h3-8,11H,9-10H2,1-2H3,(H,21,23)/t11-/m1/s1. The van der Waals surface area contributed by atoms with Crippen LogP contribution < -0.4 is 14.8 Å². The Morgan fingerprint density at radius 1 is 1.28 bits per heavy atom. The molecule has 7 heteroatoms. The molecule has 0 bridgehead atoms. The van der Waals surface area contributed by atoms with Crippen LogP contribution in [0.1, 0.15) is 12.5 Å². The molecular formula is C18H18ClFN2O3. The van der Waals surface area contributed by atoms with Crippen LogP contribution >= 0.6 is 11.6 Å². The van der Waals surface area contributed by atoms with Gasteiger partial charge in [0.25, 0.3) is 0 Å². The minimum Gasteiger partial charge on any atom is -0.454 e. The first kappa shape index (κ1) is 17.5. The molecule has 1 heterocycles. The summed E-state index contributed by atoms with van der Waals surface area (Å²) in [5.41, 5.74) is 1.39. The van der Waals surface area contributed by atoms with Crippen molar-refractivity contribution in [2.75, 3.05) is 19.2 Å². The number of rotatable bonds is 5. The molecule has 1 amide bonds. The van der Waals surface area contributed by atoms with Gasteiger partial charge >= 0.3 is 0 Å². The number of nitrogens with zero attached hydrogens (tertiary/aromatic N) is 1. The number of hydrogen-bond donors (Lipinski definition) is 1. The maximum absolute atomic E-state index is 13.1. The molecule has 2 aromatic rings. The third-order valence-electron chi connectivity index (χ3n) is 4.10. The summed E-state index contributed by atoms with van der Waals surface area (Å²) in [5.74, 6) is 0.761. The first-order valence-corrected chi connectivity index (χ1v) is 8.16. The van der Waals surface area contributed by atoms with E-state index in [1.54, 1.807) is 6.92 Å². The third-order valence-corrected chi connectivity index (χ3v) is 4.41. The van der Waals surface area contributed by atoms with E-state index < -0.39 is 11.9 Å². The molecule has 0 fully saturated rings. The Labute approximate surface area is 150 Å². The molecule has 0 aliphatic carbocycles. The molecule has 1 aliphatic heterocycles. The predicted octanol–water partition coefficient (Wildman–Crippen LogP) is 3.67. The van der Waals surface area contributed by atoms with Crippen LogP contribution in [0, 0.1) is 5.82 Å². The van der Waals surface area contributed by atoms with E-state index in [1.807, 2.05) is 30.1 Å². The van der Waals surface area contributed by atoms with E-state index in [0.717, 1.165) is 17.4 Å². The van der Waals surface area contributed by atoms with Gasteiger partial charge in [-0.2, -0.15) is 0 Å². The summed E-state index contributed by atoms with van der Waals surface area (Å²) in [4.78, 5) is 14.3. The van der Waals surface area contributed by atoms with Crippen molar-refractivity contribution in [2.24, 2.45) is 0 Å². The third kappa shape index (κ3) is 4.03. The van der Waals surface area contributed by atoms with Crippen LogP contribution in [0.25, 0.3) is 0 Å². The van der Waals surface area contributed by atoms with Crippen molar-refractivity contribution in [3.8, 4) is 11.5 Å². The van der Waals surface area contributed by atoms with Crippen LogP contribution in [0.3, 0.4) is 0 Å². The molecule has 1 aliphatic rings. The minimum absolute atomic E-state index is 0.166. The van der Waals surface area contributed by atoms with E-state index in [0.29, 0.717) is 18.0 Å². The van der Waals surface area contributed by atoms with Gasteiger partial charge in [-0.25, -0.2) is 4.39 Å². The van der Waals surface area contributed by atoms with Gasteiger partial charge in [-0.3, -0.25) is 9.69 Å². The summed E-state index contributed by atoms with van der Waals surface area (Å²) >= 11 is 5.95. The van der Waals surface area contributed by atoms with Gasteiger partial charge in [-0.05, 0) is 49.9 Å². The van der Waals surface area contributed by atoms with Crippen molar-refractivity contribution in [3.05, 3.63) is 52.8 Å². The fourth-order valence-corrected chi connectivity index (χ4v) is 2.71. The minimum atomic E-state index is -0.448. The highest BCUT2D eigenvalue weighted by Gasteiger charge is 2.20. The number of fused-ring (bicyclic) bond motifs is 1. The van der Waals surface area contributed by atoms with Crippen molar-refractivity contribution in [1.29, 1.82) is 0 Å². The number of hydrogen-bond acceptors (Lipinski definition) is 4. The molecule has 2 aromatic carbocycles. The van der Waals surface area contributed by atoms with E-state index in [-0.39, 0.29) is 17.7 Å². The predicted molar refractivity (Wildman–Crippen MR) is 93.5 cm³/mol. The molecule has 0 saturated heterocycles. The first-order chi connectivity index (χ1) is 11.9. The Hall–Kier alpha value is -2.31. The summed E-state index contributed by atoms with van der Waals surface area (Å²) in [6.07, 6.45) is 0. The Morgan fingerprint density at radius 2 is 2.04 bits per heavy atom. The zero-order valence-electron chi connectivity index (χ0n) is 13.9. The van der Waals surface area contributed by atoms with Crippen LogP contribution in [0.15, 0.2) is 36.4 Å². The van der Waals surface area contributed by atoms with Crippen LogP contribution in [-0.4, -0.2) is 30.7 Å². The van der Waals surface area contributed by atoms with Crippen LogP contribution in [-0.2, 0) is 11.3 Å². The molecule has 25 heavy (non-hydrogen) atoms. The summed E-state index contributed by atoms with van der Waals surface area (Å²) in [7, 11) is 1.85. The number of amides is 1. The number of carbonyl (C=O) groups is 1. The lowest BCUT2D eigenvalue weighted by Gasteiger charge is -2.24. The second-order valence-corrected chi connectivity index (χ2v) is 6.30. The molecule has 132 valence electrons. The molecule has 1 N–H and O–H groups in total. The lowest BCUT2D eigenvalue weighted by molar-refractivity contribution is -0.120. The summed E-state index contributed by atoms with van der Waals surface area (Å²) in [6.45, 7) is 2.58. The maximum Gasteiger partial charge on any atom is 0.241 e. The fourth-order valence-electron chi connectivity index (χ4n) is 2.49. The summed E-state index contributed by atoms with van der Waals surface area (Å²) < 4.78 is 23.7. The van der Waals surface area contributed by atoms with E-state index in [4.69, 9.17) is 21.1 Å². The topological polar surface area (TPSA) is 50.8 Å². The highest BCUT2D eigenvalue weighted by atomic mass is 35.5.